The van der Waals surface area contributed by atoms with Crippen LogP contribution in [0.1, 0.15) is 30.9 Å². The van der Waals surface area contributed by atoms with Gasteiger partial charge in [-0.15, -0.1) is 0 Å². The molecule has 98 valence electrons. The molecule has 3 rings (SSSR count). The molecule has 1 aliphatic heterocycles. The predicted octanol–water partition coefficient (Wildman–Crippen LogP) is 1.99. The Morgan fingerprint density at radius 1 is 1.16 bits per heavy atom. The Morgan fingerprint density at radius 3 is 2.68 bits per heavy atom. The van der Waals surface area contributed by atoms with Crippen LogP contribution in [0.25, 0.3) is 0 Å². The number of hydrogen-bond acceptors (Lipinski definition) is 5. The lowest BCUT2D eigenvalue weighted by molar-refractivity contribution is 0.617. The highest BCUT2D eigenvalue weighted by Crippen LogP contribution is 2.23. The van der Waals surface area contributed by atoms with Gasteiger partial charge in [0.1, 0.15) is 5.82 Å². The fourth-order valence-corrected chi connectivity index (χ4v) is 2.25. The Morgan fingerprint density at radius 2 is 1.95 bits per heavy atom. The lowest BCUT2D eigenvalue weighted by atomic mass is 10.1. The molecule has 5 nitrogen and oxygen atoms in total. The molecule has 0 aliphatic carbocycles. The molecule has 0 fully saturated rings. The van der Waals surface area contributed by atoms with Crippen molar-refractivity contribution in [3.8, 4) is 0 Å². The molecule has 3 heterocycles. The second-order valence-corrected chi connectivity index (χ2v) is 5.26. The number of anilines is 1. The summed E-state index contributed by atoms with van der Waals surface area (Å²) in [6, 6.07) is 1.83. The normalized spacial score (nSPS) is 13.9. The number of hydrogen-bond donors (Lipinski definition) is 0. The fourth-order valence-electron chi connectivity index (χ4n) is 2.25. The minimum atomic E-state index is 0.577. The van der Waals surface area contributed by atoms with Gasteiger partial charge in [-0.2, -0.15) is 0 Å². The van der Waals surface area contributed by atoms with Crippen LogP contribution in [0.5, 0.6) is 0 Å². The maximum atomic E-state index is 4.66. The zero-order valence-electron chi connectivity index (χ0n) is 11.2. The monoisotopic (exact) mass is 255 g/mol. The maximum absolute atomic E-state index is 4.66. The van der Waals surface area contributed by atoms with Gasteiger partial charge in [0.15, 0.2) is 0 Å². The summed E-state index contributed by atoms with van der Waals surface area (Å²) in [4.78, 5) is 19.8. The fraction of sp³-hybridized carbons (Fsp3) is 0.429. The van der Waals surface area contributed by atoms with Gasteiger partial charge in [-0.3, -0.25) is 0 Å². The molecule has 0 N–H and O–H groups in total. The molecular weight excluding hydrogens is 238 g/mol. The van der Waals surface area contributed by atoms with Crippen LogP contribution in [-0.2, 0) is 19.5 Å². The Hall–Kier alpha value is -2.04. The molecule has 19 heavy (non-hydrogen) atoms. The van der Waals surface area contributed by atoms with E-state index >= 15 is 0 Å². The summed E-state index contributed by atoms with van der Waals surface area (Å²) in [7, 11) is 0. The van der Waals surface area contributed by atoms with Crippen molar-refractivity contribution in [2.75, 3.05) is 4.90 Å². The molecule has 5 heteroatoms. The maximum Gasteiger partial charge on any atom is 0.225 e. The van der Waals surface area contributed by atoms with Gasteiger partial charge in [0.2, 0.25) is 5.95 Å². The van der Waals surface area contributed by atoms with Crippen LogP contribution < -0.4 is 4.90 Å². The second-order valence-electron chi connectivity index (χ2n) is 5.26. The lowest BCUT2D eigenvalue weighted by Gasteiger charge is -2.13. The van der Waals surface area contributed by atoms with Crippen LogP contribution in [0.4, 0.5) is 5.95 Å². The molecule has 1 aliphatic rings. The molecule has 0 aromatic carbocycles. The summed E-state index contributed by atoms with van der Waals surface area (Å²) in [6.07, 6.45) is 6.40. The van der Waals surface area contributed by atoms with Crippen molar-refractivity contribution in [2.24, 2.45) is 5.92 Å². The summed E-state index contributed by atoms with van der Waals surface area (Å²) in [6.45, 7) is 5.93. The Kier molecular flexibility index (Phi) is 3.11. The molecule has 0 spiro atoms. The molecule has 0 bridgehead atoms. The van der Waals surface area contributed by atoms with Crippen LogP contribution in [0.3, 0.4) is 0 Å². The van der Waals surface area contributed by atoms with Crippen molar-refractivity contribution in [3.05, 3.63) is 41.7 Å². The molecule has 0 radical (unpaired) electrons. The van der Waals surface area contributed by atoms with Crippen LogP contribution in [-0.4, -0.2) is 19.9 Å². The second kappa shape index (κ2) is 4.91. The highest BCUT2D eigenvalue weighted by atomic mass is 15.3. The van der Waals surface area contributed by atoms with E-state index in [0.29, 0.717) is 5.92 Å². The van der Waals surface area contributed by atoms with Crippen LogP contribution in [0, 0.1) is 5.92 Å². The van der Waals surface area contributed by atoms with E-state index in [2.05, 4.69) is 38.7 Å². The summed E-state index contributed by atoms with van der Waals surface area (Å²) < 4.78 is 0. The summed E-state index contributed by atoms with van der Waals surface area (Å²) in [5.74, 6) is 2.27. The smallest absolute Gasteiger partial charge is 0.225 e. The van der Waals surface area contributed by atoms with Crippen molar-refractivity contribution in [1.82, 2.24) is 19.9 Å². The molecule has 0 unspecified atom stereocenters. The van der Waals surface area contributed by atoms with Crippen LogP contribution >= 0.6 is 0 Å². The third kappa shape index (κ3) is 2.54. The van der Waals surface area contributed by atoms with Crippen LogP contribution in [0.15, 0.2) is 24.7 Å². The van der Waals surface area contributed by atoms with E-state index in [1.165, 1.54) is 5.56 Å². The highest BCUT2D eigenvalue weighted by Gasteiger charge is 2.23. The van der Waals surface area contributed by atoms with Crippen molar-refractivity contribution in [2.45, 2.75) is 33.4 Å². The third-order valence-corrected chi connectivity index (χ3v) is 3.13. The average Bonchev–Trinajstić information content (AvgIpc) is 2.82. The minimum Gasteiger partial charge on any atom is -0.330 e. The van der Waals surface area contributed by atoms with Crippen molar-refractivity contribution < 1.29 is 0 Å². The summed E-state index contributed by atoms with van der Waals surface area (Å²) >= 11 is 0. The van der Waals surface area contributed by atoms with Crippen molar-refractivity contribution in [3.63, 3.8) is 0 Å². The SMILES string of the molecule is CC(C)Cc1ncc2c(n1)CN(c1ncccn1)C2. The van der Waals surface area contributed by atoms with Gasteiger partial charge < -0.3 is 4.90 Å². The molecule has 0 atom stereocenters. The van der Waals surface area contributed by atoms with E-state index in [9.17, 15) is 0 Å². The van der Waals surface area contributed by atoms with Gasteiger partial charge in [0.05, 0.1) is 12.2 Å². The van der Waals surface area contributed by atoms with E-state index in [1.807, 2.05) is 12.3 Å². The first-order valence-electron chi connectivity index (χ1n) is 6.58. The molecular formula is C14H17N5. The number of nitrogens with zero attached hydrogens (tertiary/aromatic N) is 5. The number of rotatable bonds is 3. The standard InChI is InChI=1S/C14H17N5/c1-10(2)6-13-17-7-11-8-19(9-12(11)18-13)14-15-4-3-5-16-14/h3-5,7,10H,6,8-9H2,1-2H3. The van der Waals surface area contributed by atoms with E-state index in [4.69, 9.17) is 0 Å². The van der Waals surface area contributed by atoms with Gasteiger partial charge in [-0.05, 0) is 12.0 Å². The topological polar surface area (TPSA) is 54.8 Å². The van der Waals surface area contributed by atoms with E-state index in [1.54, 1.807) is 12.4 Å². The van der Waals surface area contributed by atoms with Crippen molar-refractivity contribution in [1.29, 1.82) is 0 Å². The average molecular weight is 255 g/mol. The van der Waals surface area contributed by atoms with E-state index in [0.717, 1.165) is 37.0 Å². The Labute approximate surface area is 112 Å². The number of aromatic nitrogens is 4. The summed E-state index contributed by atoms with van der Waals surface area (Å²) in [5, 5.41) is 0. The Balaban J connectivity index is 1.81. The lowest BCUT2D eigenvalue weighted by Crippen LogP contribution is -2.17. The van der Waals surface area contributed by atoms with E-state index in [-0.39, 0.29) is 0 Å². The molecule has 0 saturated carbocycles. The molecule has 0 saturated heterocycles. The largest absolute Gasteiger partial charge is 0.330 e. The first-order valence-corrected chi connectivity index (χ1v) is 6.58. The summed E-state index contributed by atoms with van der Waals surface area (Å²) in [5.41, 5.74) is 2.29. The zero-order valence-corrected chi connectivity index (χ0v) is 11.2. The zero-order chi connectivity index (χ0) is 13.2. The predicted molar refractivity (Wildman–Crippen MR) is 72.5 cm³/mol. The van der Waals surface area contributed by atoms with Gasteiger partial charge in [-0.25, -0.2) is 19.9 Å². The quantitative estimate of drug-likeness (QED) is 0.839. The van der Waals surface area contributed by atoms with E-state index < -0.39 is 0 Å². The van der Waals surface area contributed by atoms with Gasteiger partial charge in [0.25, 0.3) is 0 Å². The van der Waals surface area contributed by atoms with Gasteiger partial charge >= 0.3 is 0 Å². The van der Waals surface area contributed by atoms with Gasteiger partial charge in [-0.1, -0.05) is 13.8 Å². The van der Waals surface area contributed by atoms with Crippen LogP contribution in [0.2, 0.25) is 0 Å². The third-order valence-electron chi connectivity index (χ3n) is 3.13. The number of fused-ring (bicyclic) bond motifs is 1. The molecule has 2 aromatic rings. The Bertz CT molecular complexity index is 567. The molecule has 0 amide bonds. The highest BCUT2D eigenvalue weighted by molar-refractivity contribution is 5.39. The van der Waals surface area contributed by atoms with Crippen molar-refractivity contribution >= 4 is 5.95 Å². The first kappa shape index (κ1) is 12.0. The van der Waals surface area contributed by atoms with Gasteiger partial charge in [0, 0.05) is 37.1 Å². The molecule has 2 aromatic heterocycles. The minimum absolute atomic E-state index is 0.577. The first-order chi connectivity index (χ1) is 9.22.